The molecule has 2 rings (SSSR count). The highest BCUT2D eigenvalue weighted by atomic mass is 32.1. The lowest BCUT2D eigenvalue weighted by Gasteiger charge is -2.21. The van der Waals surface area contributed by atoms with Crippen LogP contribution in [0.15, 0.2) is 0 Å². The Kier molecular flexibility index (Phi) is 4.57. The zero-order valence-electron chi connectivity index (χ0n) is 11.3. The number of hydrogen-bond acceptors (Lipinski definition) is 3. The minimum absolute atomic E-state index is 0.573. The van der Waals surface area contributed by atoms with Crippen molar-refractivity contribution in [2.75, 3.05) is 6.54 Å². The molecule has 1 N–H and O–H groups in total. The SMILES string of the molecule is CCNC1CCCc2nc(C(CC)CC)sc21. The van der Waals surface area contributed by atoms with Crippen molar-refractivity contribution in [2.24, 2.45) is 0 Å². The van der Waals surface area contributed by atoms with Crippen LogP contribution in [-0.4, -0.2) is 11.5 Å². The molecule has 1 aromatic rings. The minimum atomic E-state index is 0.573. The summed E-state index contributed by atoms with van der Waals surface area (Å²) in [4.78, 5) is 6.43. The number of rotatable bonds is 5. The van der Waals surface area contributed by atoms with Gasteiger partial charge < -0.3 is 5.32 Å². The number of hydrogen-bond donors (Lipinski definition) is 1. The standard InChI is InChI=1S/C14H24N2S/c1-4-10(5-2)14-16-12-9-7-8-11(15-6-3)13(12)17-14/h10-11,15H,4-9H2,1-3H3. The molecule has 1 aromatic heterocycles. The predicted octanol–water partition coefficient (Wildman–Crippen LogP) is 4.03. The lowest BCUT2D eigenvalue weighted by atomic mass is 9.98. The van der Waals surface area contributed by atoms with Crippen molar-refractivity contribution >= 4 is 11.3 Å². The van der Waals surface area contributed by atoms with Gasteiger partial charge in [-0.2, -0.15) is 0 Å². The van der Waals surface area contributed by atoms with Gasteiger partial charge in [0, 0.05) is 16.8 Å². The largest absolute Gasteiger partial charge is 0.309 e. The maximum Gasteiger partial charge on any atom is 0.0962 e. The Morgan fingerprint density at radius 2 is 2.12 bits per heavy atom. The average molecular weight is 252 g/mol. The van der Waals surface area contributed by atoms with Gasteiger partial charge in [0.1, 0.15) is 0 Å². The molecule has 2 nitrogen and oxygen atoms in total. The number of thiazole rings is 1. The summed E-state index contributed by atoms with van der Waals surface area (Å²) in [6, 6.07) is 0.573. The van der Waals surface area contributed by atoms with E-state index in [1.54, 1.807) is 0 Å². The quantitative estimate of drug-likeness (QED) is 0.855. The Hall–Kier alpha value is -0.410. The molecule has 96 valence electrons. The molecule has 0 spiro atoms. The van der Waals surface area contributed by atoms with Gasteiger partial charge in [-0.15, -0.1) is 11.3 Å². The molecular weight excluding hydrogens is 228 g/mol. The fourth-order valence-corrected chi connectivity index (χ4v) is 4.18. The molecule has 0 aliphatic heterocycles. The first kappa shape index (κ1) is 13.0. The van der Waals surface area contributed by atoms with Gasteiger partial charge in [-0.3, -0.25) is 0 Å². The van der Waals surface area contributed by atoms with E-state index in [2.05, 4.69) is 26.1 Å². The Morgan fingerprint density at radius 3 is 2.76 bits per heavy atom. The summed E-state index contributed by atoms with van der Waals surface area (Å²) < 4.78 is 0. The highest BCUT2D eigenvalue weighted by Crippen LogP contribution is 2.37. The van der Waals surface area contributed by atoms with Crippen molar-refractivity contribution in [3.8, 4) is 0 Å². The van der Waals surface area contributed by atoms with Gasteiger partial charge >= 0.3 is 0 Å². The number of fused-ring (bicyclic) bond motifs is 1. The van der Waals surface area contributed by atoms with Gasteiger partial charge in [-0.1, -0.05) is 20.8 Å². The van der Waals surface area contributed by atoms with E-state index in [-0.39, 0.29) is 0 Å². The molecule has 0 saturated carbocycles. The molecule has 0 radical (unpaired) electrons. The number of nitrogens with one attached hydrogen (secondary N) is 1. The zero-order valence-corrected chi connectivity index (χ0v) is 12.1. The second kappa shape index (κ2) is 5.96. The van der Waals surface area contributed by atoms with Crippen molar-refractivity contribution < 1.29 is 0 Å². The van der Waals surface area contributed by atoms with E-state index >= 15 is 0 Å². The van der Waals surface area contributed by atoms with Gasteiger partial charge in [0.25, 0.3) is 0 Å². The Labute approximate surface area is 109 Å². The molecule has 17 heavy (non-hydrogen) atoms. The third kappa shape index (κ3) is 2.71. The molecule has 0 aromatic carbocycles. The first-order chi connectivity index (χ1) is 8.30. The second-order valence-corrected chi connectivity index (χ2v) is 5.94. The molecule has 0 amide bonds. The van der Waals surface area contributed by atoms with Gasteiger partial charge in [0.15, 0.2) is 0 Å². The maximum absolute atomic E-state index is 4.90. The van der Waals surface area contributed by atoms with E-state index in [1.165, 1.54) is 47.7 Å². The minimum Gasteiger partial charge on any atom is -0.309 e. The first-order valence-corrected chi connectivity index (χ1v) is 7.84. The van der Waals surface area contributed by atoms with Crippen LogP contribution in [0, 0.1) is 0 Å². The molecule has 1 heterocycles. The molecule has 1 aliphatic carbocycles. The third-order valence-corrected chi connectivity index (χ3v) is 5.13. The van der Waals surface area contributed by atoms with E-state index in [9.17, 15) is 0 Å². The highest BCUT2D eigenvalue weighted by molar-refractivity contribution is 7.12. The molecule has 0 saturated heterocycles. The van der Waals surface area contributed by atoms with Crippen molar-refractivity contribution in [3.63, 3.8) is 0 Å². The Bertz CT molecular complexity index is 355. The van der Waals surface area contributed by atoms with E-state index in [0.717, 1.165) is 6.54 Å². The van der Waals surface area contributed by atoms with Crippen molar-refractivity contribution in [1.29, 1.82) is 0 Å². The van der Waals surface area contributed by atoms with Crippen LogP contribution in [0.3, 0.4) is 0 Å². The average Bonchev–Trinajstić information content (AvgIpc) is 2.76. The summed E-state index contributed by atoms with van der Waals surface area (Å²) in [7, 11) is 0. The van der Waals surface area contributed by atoms with Crippen LogP contribution in [0.2, 0.25) is 0 Å². The molecule has 0 fully saturated rings. The Morgan fingerprint density at radius 1 is 1.35 bits per heavy atom. The predicted molar refractivity (Wildman–Crippen MR) is 74.8 cm³/mol. The summed E-state index contributed by atoms with van der Waals surface area (Å²) in [5, 5.41) is 4.98. The zero-order chi connectivity index (χ0) is 12.3. The van der Waals surface area contributed by atoms with Crippen molar-refractivity contribution in [2.45, 2.75) is 64.8 Å². The van der Waals surface area contributed by atoms with Crippen molar-refractivity contribution in [3.05, 3.63) is 15.6 Å². The number of aryl methyl sites for hydroxylation is 1. The maximum atomic E-state index is 4.90. The molecule has 1 aliphatic rings. The summed E-state index contributed by atoms with van der Waals surface area (Å²) >= 11 is 1.97. The van der Waals surface area contributed by atoms with Crippen molar-refractivity contribution in [1.82, 2.24) is 10.3 Å². The van der Waals surface area contributed by atoms with Crippen LogP contribution >= 0.6 is 11.3 Å². The lowest BCUT2D eigenvalue weighted by Crippen LogP contribution is -2.23. The van der Waals surface area contributed by atoms with Gasteiger partial charge in [0.05, 0.1) is 10.7 Å². The van der Waals surface area contributed by atoms with E-state index < -0.39 is 0 Å². The molecular formula is C14H24N2S. The summed E-state index contributed by atoms with van der Waals surface area (Å²) in [6.45, 7) is 7.80. The van der Waals surface area contributed by atoms with Gasteiger partial charge in [-0.05, 0) is 38.6 Å². The smallest absolute Gasteiger partial charge is 0.0962 e. The monoisotopic (exact) mass is 252 g/mol. The Balaban J connectivity index is 2.23. The number of aromatic nitrogens is 1. The molecule has 1 unspecified atom stereocenters. The van der Waals surface area contributed by atoms with Gasteiger partial charge in [-0.25, -0.2) is 4.98 Å². The first-order valence-electron chi connectivity index (χ1n) is 7.02. The summed E-state index contributed by atoms with van der Waals surface area (Å²) in [5.74, 6) is 0.674. The van der Waals surface area contributed by atoms with E-state index in [4.69, 9.17) is 4.98 Å². The van der Waals surface area contributed by atoms with Gasteiger partial charge in [0.2, 0.25) is 0 Å². The van der Waals surface area contributed by atoms with Crippen LogP contribution in [0.1, 0.15) is 74.0 Å². The second-order valence-electron chi connectivity index (χ2n) is 4.88. The third-order valence-electron chi connectivity index (χ3n) is 3.75. The fraction of sp³-hybridized carbons (Fsp3) is 0.786. The van der Waals surface area contributed by atoms with Crippen LogP contribution in [0.4, 0.5) is 0 Å². The van der Waals surface area contributed by atoms with Crippen LogP contribution < -0.4 is 5.32 Å². The molecule has 3 heteroatoms. The van der Waals surface area contributed by atoms with Crippen LogP contribution in [0.25, 0.3) is 0 Å². The molecule has 0 bridgehead atoms. The fourth-order valence-electron chi connectivity index (χ4n) is 2.69. The van der Waals surface area contributed by atoms with Crippen LogP contribution in [0.5, 0.6) is 0 Å². The van der Waals surface area contributed by atoms with E-state index in [0.29, 0.717) is 12.0 Å². The van der Waals surface area contributed by atoms with Crippen LogP contribution in [-0.2, 0) is 6.42 Å². The summed E-state index contributed by atoms with van der Waals surface area (Å²) in [5.41, 5.74) is 1.38. The normalized spacial score (nSPS) is 19.6. The number of nitrogens with zero attached hydrogens (tertiary/aromatic N) is 1. The highest BCUT2D eigenvalue weighted by Gasteiger charge is 2.25. The molecule has 1 atom stereocenters. The lowest BCUT2D eigenvalue weighted by molar-refractivity contribution is 0.475. The summed E-state index contributed by atoms with van der Waals surface area (Å²) in [6.07, 6.45) is 6.19. The van der Waals surface area contributed by atoms with E-state index in [1.807, 2.05) is 11.3 Å². The topological polar surface area (TPSA) is 24.9 Å².